The molecule has 0 spiro atoms. The number of carbonyl (C=O) groups is 1. The van der Waals surface area contributed by atoms with Crippen LogP contribution in [0.15, 0.2) is 18.2 Å². The summed E-state index contributed by atoms with van der Waals surface area (Å²) in [5.74, 6) is 1.22. The second-order valence-electron chi connectivity index (χ2n) is 4.38. The number of aryl methyl sites for hydroxylation is 1. The third-order valence-corrected chi connectivity index (χ3v) is 2.96. The lowest BCUT2D eigenvalue weighted by Gasteiger charge is -1.94. The summed E-state index contributed by atoms with van der Waals surface area (Å²) in [5.41, 5.74) is 1.86. The summed E-state index contributed by atoms with van der Waals surface area (Å²) < 4.78 is 1.79. The highest BCUT2D eigenvalue weighted by molar-refractivity contribution is 5.84. The minimum Gasteiger partial charge on any atom is -0.299 e. The number of nitrogens with zero attached hydrogens (tertiary/aromatic N) is 3. The number of carbonyl (C=O) groups excluding carboxylic acids is 1. The lowest BCUT2D eigenvalue weighted by Crippen LogP contribution is -2.06. The predicted octanol–water partition coefficient (Wildman–Crippen LogP) is 2.59. The molecule has 0 bridgehead atoms. The first kappa shape index (κ1) is 12.7. The molecule has 2 aromatic heterocycles. The van der Waals surface area contributed by atoms with Gasteiger partial charge in [-0.15, -0.1) is 0 Å². The maximum Gasteiger partial charge on any atom is 0.159 e. The molecule has 96 valence electrons. The fraction of sp³-hybridized carbons (Fsp3) is 0.500. The summed E-state index contributed by atoms with van der Waals surface area (Å²) >= 11 is 0. The van der Waals surface area contributed by atoms with Crippen molar-refractivity contribution < 1.29 is 4.79 Å². The van der Waals surface area contributed by atoms with Gasteiger partial charge >= 0.3 is 0 Å². The van der Waals surface area contributed by atoms with Gasteiger partial charge < -0.3 is 0 Å². The molecule has 0 unspecified atom stereocenters. The molecule has 1 saturated carbocycles. The van der Waals surface area contributed by atoms with Crippen LogP contribution in [-0.2, 0) is 11.2 Å². The molecule has 1 aliphatic rings. The Hall–Kier alpha value is -1.71. The van der Waals surface area contributed by atoms with Crippen LogP contribution in [0.4, 0.5) is 0 Å². The van der Waals surface area contributed by atoms with Crippen molar-refractivity contribution in [1.29, 1.82) is 0 Å². The Balaban J connectivity index is 0.000000574. The van der Waals surface area contributed by atoms with Crippen molar-refractivity contribution in [3.05, 3.63) is 29.7 Å². The molecule has 4 nitrogen and oxygen atoms in total. The van der Waals surface area contributed by atoms with E-state index in [1.54, 1.807) is 4.52 Å². The fourth-order valence-corrected chi connectivity index (χ4v) is 1.86. The summed E-state index contributed by atoms with van der Waals surface area (Å²) in [6.07, 6.45) is 2.47. The zero-order chi connectivity index (χ0) is 13.1. The quantitative estimate of drug-likeness (QED) is 0.835. The van der Waals surface area contributed by atoms with Crippen LogP contribution in [0, 0.1) is 12.8 Å². The first-order chi connectivity index (χ1) is 8.74. The van der Waals surface area contributed by atoms with E-state index in [1.165, 1.54) is 0 Å². The second-order valence-corrected chi connectivity index (χ2v) is 4.38. The van der Waals surface area contributed by atoms with Crippen molar-refractivity contribution >= 4 is 11.4 Å². The molecule has 0 amide bonds. The lowest BCUT2D eigenvalue weighted by molar-refractivity contribution is -0.119. The smallest absolute Gasteiger partial charge is 0.159 e. The van der Waals surface area contributed by atoms with Crippen LogP contribution in [0.25, 0.3) is 5.65 Å². The number of fused-ring (bicyclic) bond motifs is 1. The van der Waals surface area contributed by atoms with Gasteiger partial charge in [0.25, 0.3) is 0 Å². The maximum absolute atomic E-state index is 11.6. The molecule has 0 aromatic carbocycles. The Morgan fingerprint density at radius 3 is 2.72 bits per heavy atom. The molecule has 4 heteroatoms. The molecule has 3 rings (SSSR count). The van der Waals surface area contributed by atoms with E-state index in [1.807, 2.05) is 39.0 Å². The second kappa shape index (κ2) is 5.29. The highest BCUT2D eigenvalue weighted by Gasteiger charge is 2.30. The van der Waals surface area contributed by atoms with Crippen molar-refractivity contribution in [1.82, 2.24) is 14.6 Å². The van der Waals surface area contributed by atoms with E-state index >= 15 is 0 Å². The first-order valence-corrected chi connectivity index (χ1v) is 6.58. The van der Waals surface area contributed by atoms with Crippen LogP contribution in [0.5, 0.6) is 0 Å². The number of rotatable bonds is 3. The molecule has 2 heterocycles. The predicted molar refractivity (Wildman–Crippen MR) is 70.5 cm³/mol. The summed E-state index contributed by atoms with van der Waals surface area (Å²) in [7, 11) is 0. The van der Waals surface area contributed by atoms with Crippen LogP contribution in [-0.4, -0.2) is 20.4 Å². The van der Waals surface area contributed by atoms with Crippen molar-refractivity contribution in [2.45, 2.75) is 40.0 Å². The van der Waals surface area contributed by atoms with Gasteiger partial charge in [-0.1, -0.05) is 19.9 Å². The van der Waals surface area contributed by atoms with E-state index in [0.717, 1.165) is 24.2 Å². The summed E-state index contributed by atoms with van der Waals surface area (Å²) in [6, 6.07) is 5.84. The zero-order valence-corrected chi connectivity index (χ0v) is 11.2. The van der Waals surface area contributed by atoms with Crippen molar-refractivity contribution in [3.63, 3.8) is 0 Å². The minimum atomic E-state index is 0.285. The fourth-order valence-electron chi connectivity index (χ4n) is 1.86. The Labute approximate surface area is 107 Å². The maximum atomic E-state index is 11.6. The van der Waals surface area contributed by atoms with Crippen molar-refractivity contribution in [3.8, 4) is 0 Å². The third kappa shape index (κ3) is 2.58. The van der Waals surface area contributed by atoms with E-state index in [-0.39, 0.29) is 11.7 Å². The number of hydrogen-bond acceptors (Lipinski definition) is 3. The Morgan fingerprint density at radius 2 is 2.11 bits per heavy atom. The van der Waals surface area contributed by atoms with Gasteiger partial charge in [0.2, 0.25) is 0 Å². The van der Waals surface area contributed by atoms with Gasteiger partial charge in [-0.2, -0.15) is 5.10 Å². The Kier molecular flexibility index (Phi) is 3.75. The van der Waals surface area contributed by atoms with Gasteiger partial charge in [-0.3, -0.25) is 4.79 Å². The standard InChI is InChI=1S/C12H13N3O.C2H6/c1-8-3-2-4-12-13-11(14-15(8)12)7-10(16)9-5-6-9;1-2/h2-4,9H,5-7H2,1H3;1-2H3. The Bertz CT molecular complexity index is 555. The zero-order valence-electron chi connectivity index (χ0n) is 11.2. The molecular formula is C14H19N3O. The van der Waals surface area contributed by atoms with Gasteiger partial charge in [0.05, 0.1) is 6.42 Å². The normalized spacial score (nSPS) is 14.2. The molecule has 0 N–H and O–H groups in total. The largest absolute Gasteiger partial charge is 0.299 e. The summed E-state index contributed by atoms with van der Waals surface area (Å²) in [6.45, 7) is 5.98. The topological polar surface area (TPSA) is 47.3 Å². The van der Waals surface area contributed by atoms with Crippen molar-refractivity contribution in [2.75, 3.05) is 0 Å². The molecular weight excluding hydrogens is 226 g/mol. The highest BCUT2D eigenvalue weighted by atomic mass is 16.1. The number of aromatic nitrogens is 3. The van der Waals surface area contributed by atoms with Crippen LogP contribution in [0.3, 0.4) is 0 Å². The minimum absolute atomic E-state index is 0.285. The van der Waals surface area contributed by atoms with Gasteiger partial charge in [0.1, 0.15) is 5.78 Å². The van der Waals surface area contributed by atoms with Crippen LogP contribution < -0.4 is 0 Å². The van der Waals surface area contributed by atoms with Gasteiger partial charge in [-0.05, 0) is 31.9 Å². The molecule has 0 saturated heterocycles. The number of ketones is 1. The average Bonchev–Trinajstić information content (AvgIpc) is 3.14. The third-order valence-electron chi connectivity index (χ3n) is 2.96. The van der Waals surface area contributed by atoms with E-state index in [9.17, 15) is 4.79 Å². The number of pyridine rings is 1. The Morgan fingerprint density at radius 1 is 1.39 bits per heavy atom. The monoisotopic (exact) mass is 245 g/mol. The number of hydrogen-bond donors (Lipinski definition) is 0. The average molecular weight is 245 g/mol. The molecule has 2 aromatic rings. The van der Waals surface area contributed by atoms with E-state index < -0.39 is 0 Å². The summed E-state index contributed by atoms with van der Waals surface area (Å²) in [5, 5.41) is 4.35. The van der Waals surface area contributed by atoms with Crippen molar-refractivity contribution in [2.24, 2.45) is 5.92 Å². The molecule has 1 fully saturated rings. The van der Waals surface area contributed by atoms with Crippen LogP contribution in [0.1, 0.15) is 38.2 Å². The van der Waals surface area contributed by atoms with Gasteiger partial charge in [0, 0.05) is 11.6 Å². The van der Waals surface area contributed by atoms with E-state index in [0.29, 0.717) is 12.2 Å². The molecule has 0 aliphatic heterocycles. The summed E-state index contributed by atoms with van der Waals surface area (Å²) in [4.78, 5) is 16.0. The van der Waals surface area contributed by atoms with Crippen LogP contribution in [0.2, 0.25) is 0 Å². The van der Waals surface area contributed by atoms with Gasteiger partial charge in [-0.25, -0.2) is 9.50 Å². The first-order valence-electron chi connectivity index (χ1n) is 6.58. The van der Waals surface area contributed by atoms with E-state index in [2.05, 4.69) is 10.1 Å². The van der Waals surface area contributed by atoms with Gasteiger partial charge in [0.15, 0.2) is 11.5 Å². The number of Topliss-reactive ketones (excluding diaryl/α,β-unsaturated/α-hetero) is 1. The van der Waals surface area contributed by atoms with E-state index in [4.69, 9.17) is 0 Å². The molecule has 0 atom stereocenters. The molecule has 0 radical (unpaired) electrons. The lowest BCUT2D eigenvalue weighted by atomic mass is 10.2. The van der Waals surface area contributed by atoms with Crippen LogP contribution >= 0.6 is 0 Å². The SMILES string of the molecule is CC.Cc1cccc2nc(CC(=O)C3CC3)nn12. The highest BCUT2D eigenvalue weighted by Crippen LogP contribution is 2.30. The molecule has 18 heavy (non-hydrogen) atoms. The molecule has 1 aliphatic carbocycles.